The maximum absolute atomic E-state index is 13.3. The fourth-order valence-corrected chi connectivity index (χ4v) is 5.75. The van der Waals surface area contributed by atoms with E-state index in [1.807, 2.05) is 43.3 Å². The zero-order valence-electron chi connectivity index (χ0n) is 20.1. The molecule has 35 heavy (non-hydrogen) atoms. The van der Waals surface area contributed by atoms with E-state index in [0.717, 1.165) is 41.2 Å². The monoisotopic (exact) mass is 514 g/mol. The minimum Gasteiger partial charge on any atom is -0.493 e. The van der Waals surface area contributed by atoms with Crippen molar-refractivity contribution in [2.75, 3.05) is 45.3 Å². The zero-order valence-corrected chi connectivity index (χ0v) is 21.7. The molecule has 2 aromatic carbocycles. The number of rotatable bonds is 10. The molecule has 0 atom stereocenters. The van der Waals surface area contributed by atoms with Gasteiger partial charge in [0.05, 0.1) is 12.0 Å². The SMILES string of the molecule is COc1cc(NC(=O)c2sc(-c3ccc(Cl)cc3)c(C)c2CCO)ccc1OCCN1CCCC1. The fraction of sp³-hybridized carbons (Fsp3) is 0.370. The van der Waals surface area contributed by atoms with Gasteiger partial charge in [0.1, 0.15) is 6.61 Å². The van der Waals surface area contributed by atoms with Crippen LogP contribution in [0.15, 0.2) is 42.5 Å². The summed E-state index contributed by atoms with van der Waals surface area (Å²) in [5.41, 5.74) is 3.46. The van der Waals surface area contributed by atoms with E-state index in [0.29, 0.717) is 40.1 Å². The molecule has 1 saturated heterocycles. The molecule has 0 unspecified atom stereocenters. The summed E-state index contributed by atoms with van der Waals surface area (Å²) >= 11 is 7.47. The highest BCUT2D eigenvalue weighted by Gasteiger charge is 2.22. The quantitative estimate of drug-likeness (QED) is 0.366. The molecule has 1 aliphatic heterocycles. The minimum absolute atomic E-state index is 0.0325. The van der Waals surface area contributed by atoms with E-state index in [4.69, 9.17) is 21.1 Å². The molecule has 0 radical (unpaired) electrons. The molecular weight excluding hydrogens is 484 g/mol. The van der Waals surface area contributed by atoms with E-state index in [9.17, 15) is 9.90 Å². The van der Waals surface area contributed by atoms with Crippen molar-refractivity contribution in [2.24, 2.45) is 0 Å². The van der Waals surface area contributed by atoms with Gasteiger partial charge in [0.2, 0.25) is 0 Å². The third kappa shape index (κ3) is 6.16. The molecule has 186 valence electrons. The minimum atomic E-state index is -0.216. The number of likely N-dealkylation sites (tertiary alicyclic amines) is 1. The van der Waals surface area contributed by atoms with E-state index < -0.39 is 0 Å². The lowest BCUT2D eigenvalue weighted by molar-refractivity contribution is 0.102. The van der Waals surface area contributed by atoms with Crippen LogP contribution in [0.2, 0.25) is 5.02 Å². The number of ether oxygens (including phenoxy) is 2. The number of methoxy groups -OCH3 is 1. The van der Waals surface area contributed by atoms with Crippen molar-refractivity contribution < 1.29 is 19.4 Å². The molecule has 1 amide bonds. The normalized spacial score (nSPS) is 13.7. The first-order chi connectivity index (χ1) is 17.0. The Hall–Kier alpha value is -2.58. The van der Waals surface area contributed by atoms with E-state index in [1.165, 1.54) is 24.2 Å². The van der Waals surface area contributed by atoms with Crippen LogP contribution in [0.1, 0.15) is 33.6 Å². The van der Waals surface area contributed by atoms with Crippen LogP contribution in [0.25, 0.3) is 10.4 Å². The predicted molar refractivity (Wildman–Crippen MR) is 142 cm³/mol. The zero-order chi connectivity index (χ0) is 24.8. The number of nitrogens with one attached hydrogen (secondary N) is 1. The van der Waals surface area contributed by atoms with Gasteiger partial charge in [0, 0.05) is 34.8 Å². The molecule has 1 aromatic heterocycles. The number of hydrogen-bond acceptors (Lipinski definition) is 6. The number of aliphatic hydroxyl groups is 1. The number of hydrogen-bond donors (Lipinski definition) is 2. The molecule has 0 saturated carbocycles. The first kappa shape index (κ1) is 25.5. The maximum Gasteiger partial charge on any atom is 0.266 e. The Labute approximate surface area is 215 Å². The van der Waals surface area contributed by atoms with Crippen molar-refractivity contribution in [1.82, 2.24) is 4.90 Å². The van der Waals surface area contributed by atoms with Crippen molar-refractivity contribution in [3.8, 4) is 21.9 Å². The van der Waals surface area contributed by atoms with Crippen molar-refractivity contribution >= 4 is 34.5 Å². The van der Waals surface area contributed by atoms with Gasteiger partial charge in [0.15, 0.2) is 11.5 Å². The second-order valence-electron chi connectivity index (χ2n) is 8.56. The number of amides is 1. The van der Waals surface area contributed by atoms with E-state index in [-0.39, 0.29) is 12.5 Å². The molecule has 4 rings (SSSR count). The van der Waals surface area contributed by atoms with Crippen LogP contribution in [-0.2, 0) is 6.42 Å². The standard InChI is InChI=1S/C27H31ClN2O4S/c1-18-22(11-15-31)26(35-25(18)19-5-7-20(28)8-6-19)27(32)29-21-9-10-23(24(17-21)33-2)34-16-14-30-12-3-4-13-30/h5-10,17,31H,3-4,11-16H2,1-2H3,(H,29,32). The number of thiophene rings is 1. The van der Waals surface area contributed by atoms with E-state index in [1.54, 1.807) is 13.2 Å². The summed E-state index contributed by atoms with van der Waals surface area (Å²) in [5.74, 6) is 1.01. The van der Waals surface area contributed by atoms with Crippen LogP contribution in [-0.4, -0.2) is 55.9 Å². The van der Waals surface area contributed by atoms with Crippen molar-refractivity contribution in [3.05, 3.63) is 63.5 Å². The number of carbonyl (C=O) groups excluding carboxylic acids is 1. The summed E-state index contributed by atoms with van der Waals surface area (Å²) in [6.45, 7) is 5.70. The number of benzene rings is 2. The Bertz CT molecular complexity index is 1160. The summed E-state index contributed by atoms with van der Waals surface area (Å²) < 4.78 is 11.5. The summed E-state index contributed by atoms with van der Waals surface area (Å²) in [6.07, 6.45) is 2.91. The van der Waals surface area contributed by atoms with Crippen molar-refractivity contribution in [2.45, 2.75) is 26.2 Å². The third-order valence-electron chi connectivity index (χ3n) is 6.23. The molecule has 1 fully saturated rings. The first-order valence-corrected chi connectivity index (χ1v) is 13.0. The molecule has 0 bridgehead atoms. The number of nitrogens with zero attached hydrogens (tertiary/aromatic N) is 1. The summed E-state index contributed by atoms with van der Waals surface area (Å²) in [4.78, 5) is 17.3. The van der Waals surface area contributed by atoms with Crippen LogP contribution in [0.3, 0.4) is 0 Å². The third-order valence-corrected chi connectivity index (χ3v) is 7.87. The Morgan fingerprint density at radius 3 is 2.57 bits per heavy atom. The van der Waals surface area contributed by atoms with Crippen LogP contribution in [0.5, 0.6) is 11.5 Å². The van der Waals surface area contributed by atoms with Crippen LogP contribution < -0.4 is 14.8 Å². The van der Waals surface area contributed by atoms with Gasteiger partial charge < -0.3 is 19.9 Å². The van der Waals surface area contributed by atoms with Gasteiger partial charge in [0.25, 0.3) is 5.91 Å². The number of carbonyl (C=O) groups is 1. The van der Waals surface area contributed by atoms with Crippen LogP contribution in [0, 0.1) is 6.92 Å². The molecule has 6 nitrogen and oxygen atoms in total. The number of aliphatic hydroxyl groups excluding tert-OH is 1. The number of anilines is 1. The van der Waals surface area contributed by atoms with E-state index >= 15 is 0 Å². The molecule has 8 heteroatoms. The average Bonchev–Trinajstić information content (AvgIpc) is 3.49. The second kappa shape index (κ2) is 11.9. The molecular formula is C27H31ClN2O4S. The van der Waals surface area contributed by atoms with Gasteiger partial charge in [-0.25, -0.2) is 0 Å². The Morgan fingerprint density at radius 2 is 1.89 bits per heavy atom. The summed E-state index contributed by atoms with van der Waals surface area (Å²) in [5, 5.41) is 13.3. The lowest BCUT2D eigenvalue weighted by atomic mass is 10.0. The molecule has 3 aromatic rings. The Morgan fingerprint density at radius 1 is 1.14 bits per heavy atom. The van der Waals surface area contributed by atoms with Gasteiger partial charge >= 0.3 is 0 Å². The van der Waals surface area contributed by atoms with Gasteiger partial charge in [-0.05, 0) is 80.2 Å². The highest BCUT2D eigenvalue weighted by molar-refractivity contribution is 7.18. The lowest BCUT2D eigenvalue weighted by Crippen LogP contribution is -2.25. The van der Waals surface area contributed by atoms with Crippen LogP contribution >= 0.6 is 22.9 Å². The van der Waals surface area contributed by atoms with Gasteiger partial charge in [-0.2, -0.15) is 0 Å². The predicted octanol–water partition coefficient (Wildman–Crippen LogP) is 5.65. The second-order valence-corrected chi connectivity index (χ2v) is 10.0. The molecule has 2 heterocycles. The van der Waals surface area contributed by atoms with Crippen LogP contribution in [0.4, 0.5) is 5.69 Å². The Kier molecular flexibility index (Phi) is 8.68. The van der Waals surface area contributed by atoms with Gasteiger partial charge in [-0.1, -0.05) is 23.7 Å². The van der Waals surface area contributed by atoms with Gasteiger partial charge in [-0.3, -0.25) is 9.69 Å². The smallest absolute Gasteiger partial charge is 0.266 e. The van der Waals surface area contributed by atoms with Crippen molar-refractivity contribution in [1.29, 1.82) is 0 Å². The molecule has 0 aliphatic carbocycles. The molecule has 1 aliphatic rings. The first-order valence-electron chi connectivity index (χ1n) is 11.8. The van der Waals surface area contributed by atoms with E-state index in [2.05, 4.69) is 10.2 Å². The average molecular weight is 515 g/mol. The lowest BCUT2D eigenvalue weighted by Gasteiger charge is -2.16. The largest absolute Gasteiger partial charge is 0.493 e. The highest BCUT2D eigenvalue weighted by atomic mass is 35.5. The topological polar surface area (TPSA) is 71.0 Å². The molecule has 2 N–H and O–H groups in total. The fourth-order valence-electron chi connectivity index (χ4n) is 4.36. The highest BCUT2D eigenvalue weighted by Crippen LogP contribution is 2.38. The summed E-state index contributed by atoms with van der Waals surface area (Å²) in [7, 11) is 1.59. The molecule has 0 spiro atoms. The maximum atomic E-state index is 13.3. The van der Waals surface area contributed by atoms with Crippen molar-refractivity contribution in [3.63, 3.8) is 0 Å². The summed E-state index contributed by atoms with van der Waals surface area (Å²) in [6, 6.07) is 13.0. The Balaban J connectivity index is 1.50. The van der Waals surface area contributed by atoms with Gasteiger partial charge in [-0.15, -0.1) is 11.3 Å². The number of halogens is 1.